The average Bonchev–Trinajstić information content (AvgIpc) is 3.00. The third-order valence-electron chi connectivity index (χ3n) is 4.50. The molecule has 2 aliphatic heterocycles. The Morgan fingerprint density at radius 3 is 3.10 bits per heavy atom. The fourth-order valence-electron chi connectivity index (χ4n) is 3.38. The van der Waals surface area contributed by atoms with Crippen LogP contribution in [-0.2, 0) is 4.79 Å². The van der Waals surface area contributed by atoms with E-state index in [0.717, 1.165) is 24.3 Å². The Bertz CT molecular complexity index is 514. The number of benzene rings is 1. The smallest absolute Gasteiger partial charge is 0.246 e. The zero-order chi connectivity index (χ0) is 14.1. The molecule has 0 spiro atoms. The van der Waals surface area contributed by atoms with Crippen molar-refractivity contribution in [3.8, 4) is 0 Å². The molecule has 1 amide bonds. The highest BCUT2D eigenvalue weighted by Gasteiger charge is 2.32. The zero-order valence-electron chi connectivity index (χ0n) is 12.3. The van der Waals surface area contributed by atoms with E-state index < -0.39 is 0 Å². The standard InChI is InChI=1S/C16H23N3O/c1-3-19-8-4-5-12(19)10-17-15-13-9-11(2)6-7-14(13)18-16(15)20/h6-7,9,12,15,17H,3-5,8,10H2,1-2H3,(H,18,20). The van der Waals surface area contributed by atoms with Gasteiger partial charge in [-0.25, -0.2) is 0 Å². The number of hydrogen-bond acceptors (Lipinski definition) is 3. The summed E-state index contributed by atoms with van der Waals surface area (Å²) in [7, 11) is 0. The summed E-state index contributed by atoms with van der Waals surface area (Å²) in [6.07, 6.45) is 2.50. The third-order valence-corrected chi connectivity index (χ3v) is 4.50. The van der Waals surface area contributed by atoms with Crippen LogP contribution in [0.25, 0.3) is 0 Å². The quantitative estimate of drug-likeness (QED) is 0.882. The first-order valence-corrected chi connectivity index (χ1v) is 7.58. The summed E-state index contributed by atoms with van der Waals surface area (Å²) in [4.78, 5) is 14.6. The number of likely N-dealkylation sites (tertiary alicyclic amines) is 1. The molecule has 2 heterocycles. The second-order valence-corrected chi connectivity index (χ2v) is 5.85. The Morgan fingerprint density at radius 1 is 1.45 bits per heavy atom. The van der Waals surface area contributed by atoms with Gasteiger partial charge in [0.05, 0.1) is 0 Å². The van der Waals surface area contributed by atoms with E-state index in [1.165, 1.54) is 24.9 Å². The Balaban J connectivity index is 1.69. The van der Waals surface area contributed by atoms with Crippen molar-refractivity contribution in [2.45, 2.75) is 38.8 Å². The molecule has 20 heavy (non-hydrogen) atoms. The van der Waals surface area contributed by atoms with E-state index >= 15 is 0 Å². The molecule has 0 aliphatic carbocycles. The molecule has 1 aromatic rings. The minimum absolute atomic E-state index is 0.0756. The summed E-state index contributed by atoms with van der Waals surface area (Å²) in [5.41, 5.74) is 3.25. The molecule has 4 nitrogen and oxygen atoms in total. The van der Waals surface area contributed by atoms with Crippen LogP contribution in [0.15, 0.2) is 18.2 Å². The maximum absolute atomic E-state index is 12.1. The lowest BCUT2D eigenvalue weighted by atomic mass is 10.0. The first-order chi connectivity index (χ1) is 9.69. The van der Waals surface area contributed by atoms with Crippen molar-refractivity contribution in [1.82, 2.24) is 10.2 Å². The zero-order valence-corrected chi connectivity index (χ0v) is 12.3. The summed E-state index contributed by atoms with van der Waals surface area (Å²) >= 11 is 0. The molecule has 1 fully saturated rings. The van der Waals surface area contributed by atoms with Gasteiger partial charge in [0.2, 0.25) is 5.91 Å². The minimum atomic E-state index is -0.191. The highest BCUT2D eigenvalue weighted by atomic mass is 16.2. The Kier molecular flexibility index (Phi) is 3.76. The molecular weight excluding hydrogens is 250 g/mol. The molecule has 0 saturated carbocycles. The maximum Gasteiger partial charge on any atom is 0.246 e. The van der Waals surface area contributed by atoms with Gasteiger partial charge in [-0.3, -0.25) is 9.69 Å². The highest BCUT2D eigenvalue weighted by Crippen LogP contribution is 2.31. The number of fused-ring (bicyclic) bond motifs is 1. The molecule has 1 saturated heterocycles. The number of amides is 1. The van der Waals surface area contributed by atoms with Crippen LogP contribution in [0.2, 0.25) is 0 Å². The largest absolute Gasteiger partial charge is 0.324 e. The van der Waals surface area contributed by atoms with E-state index in [4.69, 9.17) is 0 Å². The Hall–Kier alpha value is -1.39. The molecule has 0 bridgehead atoms. The van der Waals surface area contributed by atoms with E-state index in [2.05, 4.69) is 35.4 Å². The third kappa shape index (κ3) is 2.45. The van der Waals surface area contributed by atoms with Crippen molar-refractivity contribution in [2.24, 2.45) is 0 Å². The molecule has 3 rings (SSSR count). The second kappa shape index (κ2) is 5.54. The topological polar surface area (TPSA) is 44.4 Å². The molecule has 4 heteroatoms. The lowest BCUT2D eigenvalue weighted by Crippen LogP contribution is -2.40. The number of anilines is 1. The summed E-state index contributed by atoms with van der Waals surface area (Å²) < 4.78 is 0. The van der Waals surface area contributed by atoms with E-state index in [1.54, 1.807) is 0 Å². The number of nitrogens with zero attached hydrogens (tertiary/aromatic N) is 1. The van der Waals surface area contributed by atoms with Gasteiger partial charge >= 0.3 is 0 Å². The number of rotatable bonds is 4. The number of likely N-dealkylation sites (N-methyl/N-ethyl adjacent to an activating group) is 1. The van der Waals surface area contributed by atoms with Crippen molar-refractivity contribution < 1.29 is 4.79 Å². The van der Waals surface area contributed by atoms with Crippen LogP contribution in [0.1, 0.15) is 36.9 Å². The SMILES string of the molecule is CCN1CCCC1CNC1C(=O)Nc2ccc(C)cc21. The predicted molar refractivity (Wildman–Crippen MR) is 80.8 cm³/mol. The van der Waals surface area contributed by atoms with Crippen molar-refractivity contribution >= 4 is 11.6 Å². The summed E-state index contributed by atoms with van der Waals surface area (Å²) in [5.74, 6) is 0.0756. The van der Waals surface area contributed by atoms with Gasteiger partial charge in [0.15, 0.2) is 0 Å². The minimum Gasteiger partial charge on any atom is -0.324 e. The molecule has 0 aromatic heterocycles. The number of nitrogens with one attached hydrogen (secondary N) is 2. The van der Waals surface area contributed by atoms with Crippen LogP contribution in [-0.4, -0.2) is 36.5 Å². The van der Waals surface area contributed by atoms with Crippen LogP contribution in [0.4, 0.5) is 5.69 Å². The molecule has 0 radical (unpaired) electrons. The highest BCUT2D eigenvalue weighted by molar-refractivity contribution is 6.02. The van der Waals surface area contributed by atoms with E-state index in [1.807, 2.05) is 12.1 Å². The Labute approximate surface area is 120 Å². The van der Waals surface area contributed by atoms with Crippen molar-refractivity contribution in [3.05, 3.63) is 29.3 Å². The van der Waals surface area contributed by atoms with Crippen molar-refractivity contribution in [2.75, 3.05) is 25.0 Å². The fourth-order valence-corrected chi connectivity index (χ4v) is 3.38. The van der Waals surface area contributed by atoms with Gasteiger partial charge in [-0.05, 0) is 38.9 Å². The molecule has 108 valence electrons. The molecule has 2 N–H and O–H groups in total. The second-order valence-electron chi connectivity index (χ2n) is 5.85. The summed E-state index contributed by atoms with van der Waals surface area (Å²) in [6.45, 7) is 7.45. The average molecular weight is 273 g/mol. The van der Waals surface area contributed by atoms with Gasteiger partial charge in [-0.2, -0.15) is 0 Å². The Morgan fingerprint density at radius 2 is 2.30 bits per heavy atom. The van der Waals surface area contributed by atoms with Gasteiger partial charge < -0.3 is 10.6 Å². The van der Waals surface area contributed by atoms with Gasteiger partial charge in [0, 0.05) is 23.8 Å². The first-order valence-electron chi connectivity index (χ1n) is 7.58. The monoisotopic (exact) mass is 273 g/mol. The van der Waals surface area contributed by atoms with Crippen LogP contribution >= 0.6 is 0 Å². The first kappa shape index (κ1) is 13.6. The molecule has 2 aliphatic rings. The van der Waals surface area contributed by atoms with Crippen LogP contribution in [0.3, 0.4) is 0 Å². The maximum atomic E-state index is 12.1. The predicted octanol–water partition coefficient (Wildman–Crippen LogP) is 2.06. The van der Waals surface area contributed by atoms with Gasteiger partial charge in [-0.1, -0.05) is 24.6 Å². The van der Waals surface area contributed by atoms with E-state index in [-0.39, 0.29) is 11.9 Å². The lowest BCUT2D eigenvalue weighted by Gasteiger charge is -2.24. The molecule has 2 atom stereocenters. The van der Waals surface area contributed by atoms with E-state index in [0.29, 0.717) is 6.04 Å². The molecule has 2 unspecified atom stereocenters. The van der Waals surface area contributed by atoms with Crippen LogP contribution < -0.4 is 10.6 Å². The number of hydrogen-bond donors (Lipinski definition) is 2. The number of carbonyl (C=O) groups excluding carboxylic acids is 1. The molecular formula is C16H23N3O. The van der Waals surface area contributed by atoms with Gasteiger partial charge in [0.1, 0.15) is 6.04 Å². The van der Waals surface area contributed by atoms with Crippen molar-refractivity contribution in [3.63, 3.8) is 0 Å². The van der Waals surface area contributed by atoms with Crippen molar-refractivity contribution in [1.29, 1.82) is 0 Å². The summed E-state index contributed by atoms with van der Waals surface area (Å²) in [6, 6.07) is 6.53. The normalized spacial score (nSPS) is 25.8. The van der Waals surface area contributed by atoms with Gasteiger partial charge in [0.25, 0.3) is 0 Å². The fraction of sp³-hybridized carbons (Fsp3) is 0.562. The van der Waals surface area contributed by atoms with Gasteiger partial charge in [-0.15, -0.1) is 0 Å². The van der Waals surface area contributed by atoms with Crippen LogP contribution in [0, 0.1) is 6.92 Å². The van der Waals surface area contributed by atoms with Crippen LogP contribution in [0.5, 0.6) is 0 Å². The van der Waals surface area contributed by atoms with E-state index in [9.17, 15) is 4.79 Å². The molecule has 1 aromatic carbocycles. The number of aryl methyl sites for hydroxylation is 1. The number of carbonyl (C=O) groups is 1. The lowest BCUT2D eigenvalue weighted by molar-refractivity contribution is -0.117. The summed E-state index contributed by atoms with van der Waals surface area (Å²) in [5, 5.41) is 6.43.